The Balaban J connectivity index is 1.91. The molecule has 0 spiro atoms. The lowest BCUT2D eigenvalue weighted by Gasteiger charge is -2.21. The van der Waals surface area contributed by atoms with Crippen molar-refractivity contribution in [2.24, 2.45) is 5.92 Å². The van der Waals surface area contributed by atoms with Crippen LogP contribution in [0.1, 0.15) is 50.7 Å². The van der Waals surface area contributed by atoms with Gasteiger partial charge in [0.15, 0.2) is 12.2 Å². The van der Waals surface area contributed by atoms with Crippen molar-refractivity contribution in [3.8, 4) is 0 Å². The fraction of sp³-hybridized carbons (Fsp3) is 0.769. The fourth-order valence-corrected chi connectivity index (χ4v) is 2.10. The number of nitrogens with one attached hydrogen (secondary N) is 1. The molecule has 0 aliphatic carbocycles. The Morgan fingerprint density at radius 2 is 2.35 bits per heavy atom. The molecule has 1 unspecified atom stereocenters. The molecule has 0 bridgehead atoms. The summed E-state index contributed by atoms with van der Waals surface area (Å²) < 4.78 is 11.2. The highest BCUT2D eigenvalue weighted by molar-refractivity contribution is 5.10. The molecule has 96 valence electrons. The molecule has 1 aromatic rings. The predicted molar refractivity (Wildman–Crippen MR) is 65.6 cm³/mol. The van der Waals surface area contributed by atoms with E-state index in [1.165, 1.54) is 12.8 Å². The van der Waals surface area contributed by atoms with Crippen LogP contribution in [0.25, 0.3) is 0 Å². The van der Waals surface area contributed by atoms with Gasteiger partial charge < -0.3 is 14.5 Å². The number of hydrogen-bond donors (Lipinski definition) is 1. The standard InChI is InChI=1S/C13H22N2O2/c1-10(2)7-14-8-11-13(17-9-15-11)12-5-3-4-6-16-12/h9-10,12,14H,3-8H2,1-2H3. The lowest BCUT2D eigenvalue weighted by molar-refractivity contribution is 0.00112. The van der Waals surface area contributed by atoms with Crippen LogP contribution in [-0.4, -0.2) is 18.1 Å². The van der Waals surface area contributed by atoms with Crippen molar-refractivity contribution in [1.29, 1.82) is 0 Å². The summed E-state index contributed by atoms with van der Waals surface area (Å²) in [5.41, 5.74) is 0.998. The molecule has 1 fully saturated rings. The van der Waals surface area contributed by atoms with Crippen LogP contribution >= 0.6 is 0 Å². The van der Waals surface area contributed by atoms with Gasteiger partial charge >= 0.3 is 0 Å². The first-order chi connectivity index (χ1) is 8.27. The Kier molecular flexibility index (Phi) is 4.57. The monoisotopic (exact) mass is 238 g/mol. The molecule has 17 heavy (non-hydrogen) atoms. The van der Waals surface area contributed by atoms with Crippen LogP contribution < -0.4 is 5.32 Å². The smallest absolute Gasteiger partial charge is 0.181 e. The topological polar surface area (TPSA) is 47.3 Å². The summed E-state index contributed by atoms with van der Waals surface area (Å²) in [6, 6.07) is 0. The lowest BCUT2D eigenvalue weighted by atomic mass is 10.1. The van der Waals surface area contributed by atoms with Crippen molar-refractivity contribution in [3.05, 3.63) is 17.8 Å². The average molecular weight is 238 g/mol. The van der Waals surface area contributed by atoms with Crippen LogP contribution in [0.5, 0.6) is 0 Å². The van der Waals surface area contributed by atoms with E-state index in [0.29, 0.717) is 5.92 Å². The third kappa shape index (κ3) is 3.54. The minimum atomic E-state index is 0.113. The zero-order chi connectivity index (χ0) is 12.1. The van der Waals surface area contributed by atoms with Crippen LogP contribution in [0.3, 0.4) is 0 Å². The third-order valence-corrected chi connectivity index (χ3v) is 2.99. The van der Waals surface area contributed by atoms with Crippen molar-refractivity contribution < 1.29 is 9.15 Å². The van der Waals surface area contributed by atoms with Gasteiger partial charge in [0.1, 0.15) is 6.10 Å². The maximum absolute atomic E-state index is 5.73. The molecule has 0 amide bonds. The first-order valence-electron chi connectivity index (χ1n) is 6.52. The third-order valence-electron chi connectivity index (χ3n) is 2.99. The maximum atomic E-state index is 5.73. The van der Waals surface area contributed by atoms with E-state index in [4.69, 9.17) is 9.15 Å². The molecule has 1 aromatic heterocycles. The quantitative estimate of drug-likeness (QED) is 0.856. The zero-order valence-electron chi connectivity index (χ0n) is 10.7. The summed E-state index contributed by atoms with van der Waals surface area (Å²) >= 11 is 0. The van der Waals surface area contributed by atoms with Gasteiger partial charge in [0.2, 0.25) is 0 Å². The number of oxazole rings is 1. The van der Waals surface area contributed by atoms with Crippen LogP contribution in [-0.2, 0) is 11.3 Å². The van der Waals surface area contributed by atoms with Crippen LogP contribution in [0, 0.1) is 5.92 Å². The number of aromatic nitrogens is 1. The second kappa shape index (κ2) is 6.17. The molecule has 2 rings (SSSR count). The van der Waals surface area contributed by atoms with Crippen LogP contribution in [0.4, 0.5) is 0 Å². The van der Waals surface area contributed by atoms with Gasteiger partial charge in [-0.1, -0.05) is 13.8 Å². The predicted octanol–water partition coefficient (Wildman–Crippen LogP) is 2.66. The van der Waals surface area contributed by atoms with Gasteiger partial charge in [0.05, 0.1) is 5.69 Å². The van der Waals surface area contributed by atoms with Crippen molar-refractivity contribution in [2.75, 3.05) is 13.2 Å². The summed E-state index contributed by atoms with van der Waals surface area (Å²) in [5, 5.41) is 3.39. The highest BCUT2D eigenvalue weighted by Gasteiger charge is 2.22. The summed E-state index contributed by atoms with van der Waals surface area (Å²) in [6.45, 7) is 6.99. The molecule has 1 aliphatic heterocycles. The van der Waals surface area contributed by atoms with Crippen LogP contribution in [0.15, 0.2) is 10.8 Å². The fourth-order valence-electron chi connectivity index (χ4n) is 2.10. The van der Waals surface area contributed by atoms with Crippen molar-refractivity contribution in [3.63, 3.8) is 0 Å². The minimum Gasteiger partial charge on any atom is -0.445 e. The molecule has 1 atom stereocenters. The van der Waals surface area contributed by atoms with Crippen molar-refractivity contribution >= 4 is 0 Å². The summed E-state index contributed by atoms with van der Waals surface area (Å²) in [7, 11) is 0. The molecule has 0 radical (unpaired) electrons. The van der Waals surface area contributed by atoms with Gasteiger partial charge in [-0.25, -0.2) is 4.98 Å². The molecule has 4 heteroatoms. The number of nitrogens with zero attached hydrogens (tertiary/aromatic N) is 1. The second-order valence-electron chi connectivity index (χ2n) is 5.04. The van der Waals surface area contributed by atoms with E-state index in [1.807, 2.05) is 0 Å². The van der Waals surface area contributed by atoms with Gasteiger partial charge in [-0.2, -0.15) is 0 Å². The Labute approximate surface area is 103 Å². The molecular weight excluding hydrogens is 216 g/mol. The first kappa shape index (κ1) is 12.6. The van der Waals surface area contributed by atoms with Gasteiger partial charge in [0, 0.05) is 13.2 Å². The Bertz CT molecular complexity index is 330. The average Bonchev–Trinajstić information content (AvgIpc) is 2.78. The van der Waals surface area contributed by atoms with Gasteiger partial charge in [0.25, 0.3) is 0 Å². The summed E-state index contributed by atoms with van der Waals surface area (Å²) in [4.78, 5) is 4.28. The van der Waals surface area contributed by atoms with E-state index in [2.05, 4.69) is 24.1 Å². The van der Waals surface area contributed by atoms with E-state index < -0.39 is 0 Å². The lowest BCUT2D eigenvalue weighted by Crippen LogP contribution is -2.21. The number of hydrogen-bond acceptors (Lipinski definition) is 4. The molecule has 1 aliphatic rings. The Morgan fingerprint density at radius 3 is 3.06 bits per heavy atom. The Morgan fingerprint density at radius 1 is 1.47 bits per heavy atom. The van der Waals surface area contributed by atoms with Gasteiger partial charge in [-0.05, 0) is 31.7 Å². The van der Waals surface area contributed by atoms with E-state index in [1.54, 1.807) is 0 Å². The molecule has 0 saturated carbocycles. The molecule has 4 nitrogen and oxygen atoms in total. The summed E-state index contributed by atoms with van der Waals surface area (Å²) in [5.74, 6) is 1.57. The first-order valence-corrected chi connectivity index (χ1v) is 6.52. The summed E-state index contributed by atoms with van der Waals surface area (Å²) in [6.07, 6.45) is 5.06. The minimum absolute atomic E-state index is 0.113. The molecule has 1 saturated heterocycles. The SMILES string of the molecule is CC(C)CNCc1ncoc1C1CCCCO1. The molecule has 1 N–H and O–H groups in total. The highest BCUT2D eigenvalue weighted by Crippen LogP contribution is 2.29. The van der Waals surface area contributed by atoms with E-state index in [-0.39, 0.29) is 6.10 Å². The highest BCUT2D eigenvalue weighted by atomic mass is 16.5. The van der Waals surface area contributed by atoms with Crippen molar-refractivity contribution in [2.45, 2.75) is 45.8 Å². The number of rotatable bonds is 5. The van der Waals surface area contributed by atoms with E-state index >= 15 is 0 Å². The molecule has 2 heterocycles. The molecule has 0 aromatic carbocycles. The maximum Gasteiger partial charge on any atom is 0.181 e. The Hall–Kier alpha value is -0.870. The second-order valence-corrected chi connectivity index (χ2v) is 5.04. The van der Waals surface area contributed by atoms with Gasteiger partial charge in [-0.15, -0.1) is 0 Å². The zero-order valence-corrected chi connectivity index (χ0v) is 10.7. The largest absolute Gasteiger partial charge is 0.445 e. The number of ether oxygens (including phenoxy) is 1. The van der Waals surface area contributed by atoms with Crippen LogP contribution in [0.2, 0.25) is 0 Å². The van der Waals surface area contributed by atoms with Crippen molar-refractivity contribution in [1.82, 2.24) is 10.3 Å². The van der Waals surface area contributed by atoms with E-state index in [9.17, 15) is 0 Å². The van der Waals surface area contributed by atoms with Gasteiger partial charge in [-0.3, -0.25) is 0 Å². The molecular formula is C13H22N2O2. The normalized spacial score (nSPS) is 21.0. The van der Waals surface area contributed by atoms with E-state index in [0.717, 1.165) is 44.0 Å².